The average molecular weight is 193 g/mol. The molecule has 1 aromatic carbocycles. The predicted octanol–water partition coefficient (Wildman–Crippen LogP) is 3.08. The number of ether oxygens (including phenoxy) is 1. The summed E-state index contributed by atoms with van der Waals surface area (Å²) in [6.07, 6.45) is 2.31. The van der Waals surface area contributed by atoms with Gasteiger partial charge in [-0.25, -0.2) is 0 Å². The minimum Gasteiger partial charge on any atom is -0.494 e. The first kappa shape index (κ1) is 10.9. The van der Waals surface area contributed by atoms with Crippen LogP contribution in [0.15, 0.2) is 24.3 Å². The van der Waals surface area contributed by atoms with Crippen LogP contribution in [0, 0.1) is 5.92 Å². The van der Waals surface area contributed by atoms with Crippen molar-refractivity contribution in [3.63, 3.8) is 0 Å². The lowest BCUT2D eigenvalue weighted by molar-refractivity contribution is 0.298. The van der Waals surface area contributed by atoms with E-state index in [4.69, 9.17) is 10.5 Å². The maximum Gasteiger partial charge on any atom is 0.121 e. The van der Waals surface area contributed by atoms with Crippen molar-refractivity contribution >= 4 is 5.69 Å². The zero-order valence-electron chi connectivity index (χ0n) is 8.99. The van der Waals surface area contributed by atoms with E-state index in [1.807, 2.05) is 24.3 Å². The summed E-state index contributed by atoms with van der Waals surface area (Å²) in [4.78, 5) is 0. The molecule has 78 valence electrons. The fraction of sp³-hybridized carbons (Fsp3) is 0.500. The Kier molecular flexibility index (Phi) is 4.30. The van der Waals surface area contributed by atoms with Gasteiger partial charge in [0.25, 0.3) is 0 Å². The Morgan fingerprint density at radius 2 is 2.14 bits per heavy atom. The molecule has 2 N–H and O–H groups in total. The smallest absolute Gasteiger partial charge is 0.121 e. The topological polar surface area (TPSA) is 35.2 Å². The molecular formula is C12H19NO. The van der Waals surface area contributed by atoms with E-state index >= 15 is 0 Å². The van der Waals surface area contributed by atoms with Gasteiger partial charge in [-0.2, -0.15) is 0 Å². The first-order chi connectivity index (χ1) is 6.68. The van der Waals surface area contributed by atoms with Gasteiger partial charge < -0.3 is 10.5 Å². The van der Waals surface area contributed by atoms with Gasteiger partial charge in [0.2, 0.25) is 0 Å². The molecule has 1 rings (SSSR count). The van der Waals surface area contributed by atoms with Crippen molar-refractivity contribution in [3.05, 3.63) is 24.3 Å². The van der Waals surface area contributed by atoms with Crippen LogP contribution in [0.5, 0.6) is 5.75 Å². The van der Waals surface area contributed by atoms with Crippen molar-refractivity contribution in [2.24, 2.45) is 5.92 Å². The molecule has 0 radical (unpaired) electrons. The molecule has 0 fully saturated rings. The Hall–Kier alpha value is -1.18. The quantitative estimate of drug-likeness (QED) is 0.576. The second-order valence-corrected chi connectivity index (χ2v) is 3.96. The Labute approximate surface area is 86.1 Å². The van der Waals surface area contributed by atoms with Crippen LogP contribution in [-0.4, -0.2) is 6.61 Å². The van der Waals surface area contributed by atoms with Crippen LogP contribution >= 0.6 is 0 Å². The van der Waals surface area contributed by atoms with Crippen molar-refractivity contribution in [1.82, 2.24) is 0 Å². The lowest BCUT2D eigenvalue weighted by atomic mass is 10.1. The van der Waals surface area contributed by atoms with Gasteiger partial charge in [0.1, 0.15) is 5.75 Å². The van der Waals surface area contributed by atoms with E-state index in [0.717, 1.165) is 30.4 Å². The van der Waals surface area contributed by atoms with Crippen molar-refractivity contribution in [2.45, 2.75) is 26.7 Å². The van der Waals surface area contributed by atoms with Gasteiger partial charge in [-0.3, -0.25) is 0 Å². The molecule has 0 heterocycles. The van der Waals surface area contributed by atoms with Gasteiger partial charge in [0.05, 0.1) is 6.61 Å². The van der Waals surface area contributed by atoms with Crippen molar-refractivity contribution in [3.8, 4) is 5.75 Å². The molecule has 0 aromatic heterocycles. The third kappa shape index (κ3) is 4.17. The molecule has 0 saturated carbocycles. The summed E-state index contributed by atoms with van der Waals surface area (Å²) >= 11 is 0. The van der Waals surface area contributed by atoms with Crippen LogP contribution < -0.4 is 10.5 Å². The van der Waals surface area contributed by atoms with Crippen molar-refractivity contribution in [2.75, 3.05) is 12.3 Å². The molecule has 0 saturated heterocycles. The summed E-state index contributed by atoms with van der Waals surface area (Å²) in [6.45, 7) is 5.22. The van der Waals surface area contributed by atoms with Gasteiger partial charge in [-0.1, -0.05) is 19.9 Å². The van der Waals surface area contributed by atoms with Crippen LogP contribution in [-0.2, 0) is 0 Å². The molecule has 0 amide bonds. The number of nitrogen functional groups attached to an aromatic ring is 1. The molecule has 0 bridgehead atoms. The Morgan fingerprint density at radius 3 is 2.79 bits per heavy atom. The molecule has 0 spiro atoms. The number of hydrogen-bond donors (Lipinski definition) is 1. The number of rotatable bonds is 5. The largest absolute Gasteiger partial charge is 0.494 e. The van der Waals surface area contributed by atoms with E-state index < -0.39 is 0 Å². The van der Waals surface area contributed by atoms with Gasteiger partial charge >= 0.3 is 0 Å². The maximum atomic E-state index is 5.63. The van der Waals surface area contributed by atoms with E-state index in [1.165, 1.54) is 6.42 Å². The Balaban J connectivity index is 2.25. The molecule has 0 unspecified atom stereocenters. The number of nitrogens with two attached hydrogens (primary N) is 1. The summed E-state index contributed by atoms with van der Waals surface area (Å²) in [7, 11) is 0. The highest BCUT2D eigenvalue weighted by Crippen LogP contribution is 2.15. The van der Waals surface area contributed by atoms with Crippen molar-refractivity contribution < 1.29 is 4.74 Å². The molecular weight excluding hydrogens is 174 g/mol. The number of anilines is 1. The van der Waals surface area contributed by atoms with Gasteiger partial charge in [0.15, 0.2) is 0 Å². The summed E-state index contributed by atoms with van der Waals surface area (Å²) in [6, 6.07) is 7.56. The third-order valence-corrected chi connectivity index (χ3v) is 2.05. The van der Waals surface area contributed by atoms with Crippen LogP contribution in [0.3, 0.4) is 0 Å². The fourth-order valence-corrected chi connectivity index (χ4v) is 1.29. The van der Waals surface area contributed by atoms with E-state index in [2.05, 4.69) is 13.8 Å². The molecule has 2 heteroatoms. The molecule has 0 aliphatic rings. The fourth-order valence-electron chi connectivity index (χ4n) is 1.29. The van der Waals surface area contributed by atoms with Crippen LogP contribution in [0.2, 0.25) is 0 Å². The molecule has 1 aromatic rings. The zero-order chi connectivity index (χ0) is 10.4. The average Bonchev–Trinajstić information content (AvgIpc) is 2.12. The van der Waals surface area contributed by atoms with Crippen LogP contribution in [0.25, 0.3) is 0 Å². The molecule has 0 atom stereocenters. The number of hydrogen-bond acceptors (Lipinski definition) is 2. The van der Waals surface area contributed by atoms with Crippen LogP contribution in [0.4, 0.5) is 5.69 Å². The van der Waals surface area contributed by atoms with Gasteiger partial charge in [-0.15, -0.1) is 0 Å². The summed E-state index contributed by atoms with van der Waals surface area (Å²) in [5.74, 6) is 1.62. The molecule has 14 heavy (non-hydrogen) atoms. The predicted molar refractivity (Wildman–Crippen MR) is 60.4 cm³/mol. The van der Waals surface area contributed by atoms with E-state index in [0.29, 0.717) is 0 Å². The minimum atomic E-state index is 0.749. The highest BCUT2D eigenvalue weighted by atomic mass is 16.5. The lowest BCUT2D eigenvalue weighted by Crippen LogP contribution is -1.99. The second-order valence-electron chi connectivity index (χ2n) is 3.96. The molecule has 0 aliphatic heterocycles. The summed E-state index contributed by atoms with van der Waals surface area (Å²) in [5, 5.41) is 0. The highest BCUT2D eigenvalue weighted by Gasteiger charge is 1.96. The monoisotopic (exact) mass is 193 g/mol. The first-order valence-electron chi connectivity index (χ1n) is 5.17. The Morgan fingerprint density at radius 1 is 1.36 bits per heavy atom. The zero-order valence-corrected chi connectivity index (χ0v) is 8.99. The maximum absolute atomic E-state index is 5.63. The van der Waals surface area contributed by atoms with Gasteiger partial charge in [0, 0.05) is 11.8 Å². The van der Waals surface area contributed by atoms with E-state index in [9.17, 15) is 0 Å². The first-order valence-corrected chi connectivity index (χ1v) is 5.17. The highest BCUT2D eigenvalue weighted by molar-refractivity contribution is 5.43. The molecule has 0 aliphatic carbocycles. The van der Waals surface area contributed by atoms with E-state index in [-0.39, 0.29) is 0 Å². The summed E-state index contributed by atoms with van der Waals surface area (Å²) < 4.78 is 5.56. The standard InChI is InChI=1S/C12H19NO/c1-10(2)5-4-8-14-12-7-3-6-11(13)9-12/h3,6-7,9-10H,4-5,8,13H2,1-2H3. The van der Waals surface area contributed by atoms with Crippen molar-refractivity contribution in [1.29, 1.82) is 0 Å². The lowest BCUT2D eigenvalue weighted by Gasteiger charge is -2.07. The Bertz CT molecular complexity index is 271. The number of benzene rings is 1. The minimum absolute atomic E-state index is 0.749. The normalized spacial score (nSPS) is 10.5. The van der Waals surface area contributed by atoms with Crippen LogP contribution in [0.1, 0.15) is 26.7 Å². The molecule has 2 nitrogen and oxygen atoms in total. The SMILES string of the molecule is CC(C)CCCOc1cccc(N)c1. The van der Waals surface area contributed by atoms with Gasteiger partial charge in [-0.05, 0) is 30.9 Å². The van der Waals surface area contributed by atoms with E-state index in [1.54, 1.807) is 0 Å². The second kappa shape index (κ2) is 5.53. The summed E-state index contributed by atoms with van der Waals surface area (Å²) in [5.41, 5.74) is 6.39. The third-order valence-electron chi connectivity index (χ3n) is 2.05.